The number of carbonyl (C=O) groups excluding carboxylic acids is 3. The number of aromatic nitrogens is 1. The molecule has 3 rings (SSSR count). The molecule has 9 heteroatoms. The number of ether oxygens (including phenoxy) is 1. The van der Waals surface area contributed by atoms with Gasteiger partial charge in [-0.25, -0.2) is 9.78 Å². The molecule has 1 aliphatic heterocycles. The molecule has 4 N–H and O–H groups in total. The molecule has 33 heavy (non-hydrogen) atoms. The van der Waals surface area contributed by atoms with Crippen molar-refractivity contribution in [3.8, 4) is 5.75 Å². The molecule has 1 aromatic heterocycles. The zero-order valence-electron chi connectivity index (χ0n) is 19.3. The van der Waals surface area contributed by atoms with Gasteiger partial charge in [-0.2, -0.15) is 0 Å². The first kappa shape index (κ1) is 24.2. The summed E-state index contributed by atoms with van der Waals surface area (Å²) in [5.74, 6) is 0.243. The first-order chi connectivity index (χ1) is 15.8. The average Bonchev–Trinajstić information content (AvgIpc) is 3.24. The van der Waals surface area contributed by atoms with Crippen molar-refractivity contribution in [3.05, 3.63) is 54.2 Å². The number of benzene rings is 1. The Morgan fingerprint density at radius 2 is 1.79 bits per heavy atom. The Balaban J connectivity index is 1.82. The van der Waals surface area contributed by atoms with Crippen molar-refractivity contribution >= 4 is 23.6 Å². The summed E-state index contributed by atoms with van der Waals surface area (Å²) >= 11 is 0. The number of rotatable bonds is 9. The highest BCUT2D eigenvalue weighted by Gasteiger charge is 2.40. The summed E-state index contributed by atoms with van der Waals surface area (Å²) in [4.78, 5) is 43.2. The van der Waals surface area contributed by atoms with Crippen molar-refractivity contribution in [2.24, 2.45) is 5.92 Å². The second-order valence-electron chi connectivity index (χ2n) is 8.43. The molecule has 4 atom stereocenters. The number of Topliss-reactive ketones (excluding diaryl/α,β-unsaturated/α-hetero) is 1. The molecule has 2 amide bonds. The molecule has 0 spiro atoms. The van der Waals surface area contributed by atoms with E-state index in [9.17, 15) is 14.4 Å². The highest BCUT2D eigenvalue weighted by atomic mass is 16.6. The number of hydrogen-bond acceptors (Lipinski definition) is 7. The van der Waals surface area contributed by atoms with Gasteiger partial charge in [0, 0.05) is 6.20 Å². The molecular formula is C24H31N5O4. The Morgan fingerprint density at radius 3 is 2.42 bits per heavy atom. The van der Waals surface area contributed by atoms with Gasteiger partial charge in [-0.15, -0.1) is 0 Å². The van der Waals surface area contributed by atoms with Crippen LogP contribution in [-0.4, -0.2) is 54.0 Å². The highest BCUT2D eigenvalue weighted by molar-refractivity contribution is 5.96. The molecule has 9 nitrogen and oxygen atoms in total. The van der Waals surface area contributed by atoms with Gasteiger partial charge in [0.1, 0.15) is 17.6 Å². The molecule has 1 aliphatic rings. The molecule has 0 aliphatic carbocycles. The molecule has 1 aromatic carbocycles. The Morgan fingerprint density at radius 1 is 1.06 bits per heavy atom. The van der Waals surface area contributed by atoms with Crippen molar-refractivity contribution in [2.75, 3.05) is 12.4 Å². The van der Waals surface area contributed by atoms with Gasteiger partial charge in [-0.05, 0) is 50.1 Å². The van der Waals surface area contributed by atoms with E-state index in [4.69, 9.17) is 4.74 Å². The Bertz CT molecular complexity index is 957. The minimum absolute atomic E-state index is 0.193. The van der Waals surface area contributed by atoms with Gasteiger partial charge in [0.05, 0.1) is 18.1 Å². The second kappa shape index (κ2) is 10.9. The van der Waals surface area contributed by atoms with E-state index >= 15 is 0 Å². The molecule has 0 radical (unpaired) electrons. The number of ketones is 1. The topological polar surface area (TPSA) is 121 Å². The summed E-state index contributed by atoms with van der Waals surface area (Å²) in [6.07, 6.45) is 1.41. The molecular weight excluding hydrogens is 422 g/mol. The SMILES string of the molecule is CN[C@@H](C)C(=O)N[C@H](C(=O)C(NC(=O)Oc1ccccc1)[C@@H]1Cc2cccnc2N1)C(C)C. The largest absolute Gasteiger partial charge is 0.413 e. The fourth-order valence-electron chi connectivity index (χ4n) is 3.69. The van der Waals surface area contributed by atoms with Crippen molar-refractivity contribution in [3.63, 3.8) is 0 Å². The molecule has 0 saturated heterocycles. The van der Waals surface area contributed by atoms with E-state index in [1.807, 2.05) is 32.0 Å². The van der Waals surface area contributed by atoms with E-state index in [0.717, 1.165) is 5.56 Å². The zero-order valence-corrected chi connectivity index (χ0v) is 19.3. The van der Waals surface area contributed by atoms with Crippen LogP contribution in [0.25, 0.3) is 0 Å². The van der Waals surface area contributed by atoms with Gasteiger partial charge in [0.15, 0.2) is 5.78 Å². The van der Waals surface area contributed by atoms with E-state index in [2.05, 4.69) is 26.3 Å². The van der Waals surface area contributed by atoms with Gasteiger partial charge < -0.3 is 26.0 Å². The summed E-state index contributed by atoms with van der Waals surface area (Å²) < 4.78 is 5.37. The minimum Gasteiger partial charge on any atom is -0.410 e. The van der Waals surface area contributed by atoms with Crippen LogP contribution in [0.15, 0.2) is 48.7 Å². The number of hydrogen-bond donors (Lipinski definition) is 4. The van der Waals surface area contributed by atoms with Crippen LogP contribution >= 0.6 is 0 Å². The number of nitrogens with zero attached hydrogens (tertiary/aromatic N) is 1. The summed E-state index contributed by atoms with van der Waals surface area (Å²) in [6.45, 7) is 5.42. The van der Waals surface area contributed by atoms with E-state index in [0.29, 0.717) is 18.0 Å². The van der Waals surface area contributed by atoms with Gasteiger partial charge >= 0.3 is 6.09 Å². The minimum atomic E-state index is -0.951. The van der Waals surface area contributed by atoms with Crippen LogP contribution in [0.1, 0.15) is 26.3 Å². The number of anilines is 1. The van der Waals surface area contributed by atoms with Crippen LogP contribution in [-0.2, 0) is 16.0 Å². The standard InChI is InChI=1S/C24H31N5O4/c1-14(2)19(28-23(31)15(3)25-4)21(30)20(18-13-16-9-8-12-26-22(16)27-18)29-24(32)33-17-10-6-5-7-11-17/h5-12,14-15,18-20,25H,13H2,1-4H3,(H,26,27)(H,28,31)(H,29,32)/t15-,18-,19-,20?/m0/s1. The number of amides is 2. The maximum atomic E-state index is 13.7. The van der Waals surface area contributed by atoms with Crippen molar-refractivity contribution in [1.82, 2.24) is 20.9 Å². The normalized spacial score (nSPS) is 17.3. The molecule has 0 bridgehead atoms. The maximum Gasteiger partial charge on any atom is 0.413 e. The van der Waals surface area contributed by atoms with E-state index in [-0.39, 0.29) is 17.6 Å². The lowest BCUT2D eigenvalue weighted by Gasteiger charge is -2.30. The summed E-state index contributed by atoms with van der Waals surface area (Å²) in [5.41, 5.74) is 0.951. The van der Waals surface area contributed by atoms with Gasteiger partial charge in [-0.3, -0.25) is 9.59 Å². The predicted octanol–water partition coefficient (Wildman–Crippen LogP) is 1.89. The fourth-order valence-corrected chi connectivity index (χ4v) is 3.69. The smallest absolute Gasteiger partial charge is 0.410 e. The number of carbonyl (C=O) groups is 3. The predicted molar refractivity (Wildman–Crippen MR) is 125 cm³/mol. The maximum absolute atomic E-state index is 13.7. The molecule has 1 unspecified atom stereocenters. The number of likely N-dealkylation sites (N-methyl/N-ethyl adjacent to an activating group) is 1. The molecule has 2 aromatic rings. The van der Waals surface area contributed by atoms with Crippen LogP contribution in [0.4, 0.5) is 10.6 Å². The molecule has 0 fully saturated rings. The number of pyridine rings is 1. The first-order valence-corrected chi connectivity index (χ1v) is 11.0. The molecule has 2 heterocycles. The number of para-hydroxylation sites is 1. The molecule has 0 saturated carbocycles. The van der Waals surface area contributed by atoms with Gasteiger partial charge in [0.2, 0.25) is 5.91 Å². The van der Waals surface area contributed by atoms with Crippen LogP contribution in [0.2, 0.25) is 0 Å². The number of fused-ring (bicyclic) bond motifs is 1. The van der Waals surface area contributed by atoms with Crippen LogP contribution in [0.5, 0.6) is 5.75 Å². The average molecular weight is 454 g/mol. The third-order valence-electron chi connectivity index (χ3n) is 5.69. The van der Waals surface area contributed by atoms with Gasteiger partial charge in [-0.1, -0.05) is 38.1 Å². The summed E-state index contributed by atoms with van der Waals surface area (Å²) in [6, 6.07) is 9.71. The Hall–Kier alpha value is -3.46. The zero-order chi connectivity index (χ0) is 24.0. The Kier molecular flexibility index (Phi) is 8.00. The third-order valence-corrected chi connectivity index (χ3v) is 5.69. The number of nitrogens with one attached hydrogen (secondary N) is 4. The lowest BCUT2D eigenvalue weighted by molar-refractivity contribution is -0.130. The van der Waals surface area contributed by atoms with Crippen LogP contribution < -0.4 is 26.0 Å². The van der Waals surface area contributed by atoms with E-state index < -0.39 is 30.3 Å². The van der Waals surface area contributed by atoms with Crippen molar-refractivity contribution in [2.45, 2.75) is 51.4 Å². The summed E-state index contributed by atoms with van der Waals surface area (Å²) in [7, 11) is 1.67. The quantitative estimate of drug-likeness (QED) is 0.457. The van der Waals surface area contributed by atoms with E-state index in [1.54, 1.807) is 44.4 Å². The second-order valence-corrected chi connectivity index (χ2v) is 8.43. The van der Waals surface area contributed by atoms with Gasteiger partial charge in [0.25, 0.3) is 0 Å². The lowest BCUT2D eigenvalue weighted by Crippen LogP contribution is -2.60. The summed E-state index contributed by atoms with van der Waals surface area (Å²) in [5, 5.41) is 11.7. The highest BCUT2D eigenvalue weighted by Crippen LogP contribution is 2.26. The fraction of sp³-hybridized carbons (Fsp3) is 0.417. The van der Waals surface area contributed by atoms with Crippen LogP contribution in [0.3, 0.4) is 0 Å². The van der Waals surface area contributed by atoms with Crippen molar-refractivity contribution in [1.29, 1.82) is 0 Å². The third kappa shape index (κ3) is 6.07. The van der Waals surface area contributed by atoms with E-state index in [1.165, 1.54) is 0 Å². The molecule has 176 valence electrons. The lowest BCUT2D eigenvalue weighted by atomic mass is 9.90. The monoisotopic (exact) mass is 453 g/mol. The van der Waals surface area contributed by atoms with Crippen LogP contribution in [0, 0.1) is 5.92 Å². The Labute approximate surface area is 193 Å². The first-order valence-electron chi connectivity index (χ1n) is 11.0. The van der Waals surface area contributed by atoms with Crippen molar-refractivity contribution < 1.29 is 19.1 Å².